The maximum absolute atomic E-state index is 11.2. The Morgan fingerprint density at radius 1 is 0.944 bits per heavy atom. The number of hydrogen-bond acceptors (Lipinski definition) is 2. The Morgan fingerprint density at radius 2 is 1.50 bits per heavy atom. The Bertz CT molecular complexity index is 267. The van der Waals surface area contributed by atoms with Gasteiger partial charge < -0.3 is 4.90 Å². The van der Waals surface area contributed by atoms with Crippen LogP contribution in [0.3, 0.4) is 0 Å². The number of imide groups is 1. The van der Waals surface area contributed by atoms with E-state index in [0.29, 0.717) is 6.54 Å². The monoisotopic (exact) mass is 254 g/mol. The van der Waals surface area contributed by atoms with Gasteiger partial charge in [-0.1, -0.05) is 58.3 Å². The topological polar surface area (TPSA) is 49.4 Å². The fraction of sp³-hybridized carbons (Fsp3) is 0.857. The minimum atomic E-state index is -0.223. The third-order valence-electron chi connectivity index (χ3n) is 3.40. The van der Waals surface area contributed by atoms with Crippen molar-refractivity contribution in [3.05, 3.63) is 0 Å². The Balaban J connectivity index is 1.87. The lowest BCUT2D eigenvalue weighted by atomic mass is 10.1. The number of hydrogen-bond donors (Lipinski definition) is 1. The predicted octanol–water partition coefficient (Wildman–Crippen LogP) is 3.07. The first-order valence-corrected chi connectivity index (χ1v) is 7.32. The third-order valence-corrected chi connectivity index (χ3v) is 3.40. The highest BCUT2D eigenvalue weighted by atomic mass is 16.2. The van der Waals surface area contributed by atoms with Crippen molar-refractivity contribution >= 4 is 11.9 Å². The molecule has 0 atom stereocenters. The van der Waals surface area contributed by atoms with Crippen molar-refractivity contribution in [1.82, 2.24) is 10.2 Å². The highest BCUT2D eigenvalue weighted by Crippen LogP contribution is 2.10. The highest BCUT2D eigenvalue weighted by Gasteiger charge is 2.25. The van der Waals surface area contributed by atoms with Crippen molar-refractivity contribution in [2.75, 3.05) is 13.1 Å². The van der Waals surface area contributed by atoms with Crippen molar-refractivity contribution < 1.29 is 9.59 Å². The number of urea groups is 1. The van der Waals surface area contributed by atoms with Crippen LogP contribution in [0.5, 0.6) is 0 Å². The second-order valence-corrected chi connectivity index (χ2v) is 5.10. The molecule has 0 bridgehead atoms. The maximum atomic E-state index is 11.2. The molecule has 1 heterocycles. The summed E-state index contributed by atoms with van der Waals surface area (Å²) in [6, 6.07) is -0.223. The van der Waals surface area contributed by atoms with Gasteiger partial charge in [-0.05, 0) is 6.42 Å². The average Bonchev–Trinajstić information content (AvgIpc) is 2.66. The van der Waals surface area contributed by atoms with E-state index in [-0.39, 0.29) is 18.5 Å². The summed E-state index contributed by atoms with van der Waals surface area (Å²) in [6.07, 6.45) is 11.4. The number of carbonyl (C=O) groups is 2. The average molecular weight is 254 g/mol. The molecule has 1 aliphatic rings. The van der Waals surface area contributed by atoms with E-state index >= 15 is 0 Å². The van der Waals surface area contributed by atoms with Gasteiger partial charge in [0, 0.05) is 6.54 Å². The van der Waals surface area contributed by atoms with Crippen molar-refractivity contribution in [2.45, 2.75) is 64.7 Å². The zero-order valence-corrected chi connectivity index (χ0v) is 11.5. The molecular formula is C14H26N2O2. The Kier molecular flexibility index (Phi) is 7.46. The fourth-order valence-electron chi connectivity index (χ4n) is 2.28. The van der Waals surface area contributed by atoms with E-state index in [0.717, 1.165) is 12.8 Å². The van der Waals surface area contributed by atoms with Gasteiger partial charge in [-0.3, -0.25) is 10.1 Å². The normalized spacial score (nSPS) is 15.3. The van der Waals surface area contributed by atoms with Crippen LogP contribution in [0.2, 0.25) is 0 Å². The van der Waals surface area contributed by atoms with Gasteiger partial charge in [0.05, 0.1) is 0 Å². The lowest BCUT2D eigenvalue weighted by Gasteiger charge is -2.12. The molecular weight excluding hydrogens is 228 g/mol. The molecule has 4 heteroatoms. The van der Waals surface area contributed by atoms with Crippen LogP contribution in [0.15, 0.2) is 0 Å². The summed E-state index contributed by atoms with van der Waals surface area (Å²) in [5.41, 5.74) is 0. The number of nitrogens with one attached hydrogen (secondary N) is 1. The molecule has 1 rings (SSSR count). The van der Waals surface area contributed by atoms with E-state index in [1.54, 1.807) is 4.90 Å². The van der Waals surface area contributed by atoms with Gasteiger partial charge in [-0.15, -0.1) is 0 Å². The van der Waals surface area contributed by atoms with E-state index < -0.39 is 0 Å². The molecule has 0 aromatic rings. The Hall–Kier alpha value is -1.06. The van der Waals surface area contributed by atoms with Crippen LogP contribution < -0.4 is 5.32 Å². The van der Waals surface area contributed by atoms with Crippen LogP contribution in [-0.4, -0.2) is 29.9 Å². The van der Waals surface area contributed by atoms with Crippen molar-refractivity contribution in [2.24, 2.45) is 0 Å². The van der Waals surface area contributed by atoms with Crippen LogP contribution in [0.25, 0.3) is 0 Å². The summed E-state index contributed by atoms with van der Waals surface area (Å²) >= 11 is 0. The number of carbonyl (C=O) groups excluding carboxylic acids is 2. The first kappa shape index (κ1) is 15.0. The molecule has 1 N–H and O–H groups in total. The third kappa shape index (κ3) is 6.03. The first-order chi connectivity index (χ1) is 8.74. The standard InChI is InChI=1S/C14H26N2O2/c1-2-3-4-5-6-7-8-9-10-11-16-12-13(17)15-14(16)18/h2-12H2,1H3,(H,15,17,18). The summed E-state index contributed by atoms with van der Waals surface area (Å²) in [7, 11) is 0. The lowest BCUT2D eigenvalue weighted by Crippen LogP contribution is -2.29. The minimum absolute atomic E-state index is 0.170. The second kappa shape index (κ2) is 8.95. The van der Waals surface area contributed by atoms with Crippen LogP contribution in [0.4, 0.5) is 4.79 Å². The van der Waals surface area contributed by atoms with Crippen molar-refractivity contribution in [1.29, 1.82) is 0 Å². The molecule has 0 spiro atoms. The van der Waals surface area contributed by atoms with Gasteiger partial charge in [-0.25, -0.2) is 4.79 Å². The molecule has 1 fully saturated rings. The first-order valence-electron chi connectivity index (χ1n) is 7.32. The number of nitrogens with zero attached hydrogens (tertiary/aromatic N) is 1. The van der Waals surface area contributed by atoms with E-state index in [2.05, 4.69) is 12.2 Å². The summed E-state index contributed by atoms with van der Waals surface area (Å²) in [4.78, 5) is 23.8. The van der Waals surface area contributed by atoms with Crippen LogP contribution in [0.1, 0.15) is 64.7 Å². The molecule has 0 saturated carbocycles. The molecule has 3 amide bonds. The zero-order chi connectivity index (χ0) is 13.2. The van der Waals surface area contributed by atoms with Crippen LogP contribution in [-0.2, 0) is 4.79 Å². The van der Waals surface area contributed by atoms with E-state index in [9.17, 15) is 9.59 Å². The van der Waals surface area contributed by atoms with Crippen LogP contribution in [0, 0.1) is 0 Å². The molecule has 1 aliphatic heterocycles. The van der Waals surface area contributed by atoms with Crippen molar-refractivity contribution in [3.63, 3.8) is 0 Å². The quantitative estimate of drug-likeness (QED) is 0.481. The van der Waals surface area contributed by atoms with Gasteiger partial charge in [0.15, 0.2) is 0 Å². The maximum Gasteiger partial charge on any atom is 0.324 e. The molecule has 0 aromatic carbocycles. The van der Waals surface area contributed by atoms with E-state index in [1.807, 2.05) is 0 Å². The summed E-state index contributed by atoms with van der Waals surface area (Å²) < 4.78 is 0. The molecule has 0 aliphatic carbocycles. The summed E-state index contributed by atoms with van der Waals surface area (Å²) in [5.74, 6) is -0.170. The fourth-order valence-corrected chi connectivity index (χ4v) is 2.28. The summed E-state index contributed by atoms with van der Waals surface area (Å²) in [6.45, 7) is 3.20. The molecule has 0 radical (unpaired) electrons. The van der Waals surface area contributed by atoms with Gasteiger partial charge in [0.2, 0.25) is 5.91 Å². The molecule has 1 saturated heterocycles. The molecule has 104 valence electrons. The highest BCUT2D eigenvalue weighted by molar-refractivity contribution is 6.01. The molecule has 0 unspecified atom stereocenters. The number of amides is 3. The lowest BCUT2D eigenvalue weighted by molar-refractivity contribution is -0.118. The SMILES string of the molecule is CCCCCCCCCCCN1CC(=O)NC1=O. The minimum Gasteiger partial charge on any atom is -0.315 e. The van der Waals surface area contributed by atoms with Gasteiger partial charge in [0.25, 0.3) is 0 Å². The Morgan fingerprint density at radius 3 is 2.00 bits per heavy atom. The van der Waals surface area contributed by atoms with Gasteiger partial charge in [-0.2, -0.15) is 0 Å². The molecule has 0 aromatic heterocycles. The van der Waals surface area contributed by atoms with E-state index in [1.165, 1.54) is 44.9 Å². The largest absolute Gasteiger partial charge is 0.324 e. The molecule has 4 nitrogen and oxygen atoms in total. The second-order valence-electron chi connectivity index (χ2n) is 5.10. The summed E-state index contributed by atoms with van der Waals surface area (Å²) in [5, 5.41) is 2.30. The number of unbranched alkanes of at least 4 members (excludes halogenated alkanes) is 8. The number of rotatable bonds is 10. The predicted molar refractivity (Wildman–Crippen MR) is 72.3 cm³/mol. The van der Waals surface area contributed by atoms with Gasteiger partial charge in [0.1, 0.15) is 6.54 Å². The van der Waals surface area contributed by atoms with Gasteiger partial charge >= 0.3 is 6.03 Å². The molecule has 18 heavy (non-hydrogen) atoms. The Labute approximate surface area is 110 Å². The van der Waals surface area contributed by atoms with E-state index in [4.69, 9.17) is 0 Å². The van der Waals surface area contributed by atoms with Crippen molar-refractivity contribution in [3.8, 4) is 0 Å². The smallest absolute Gasteiger partial charge is 0.315 e. The van der Waals surface area contributed by atoms with Crippen LogP contribution >= 0.6 is 0 Å². The zero-order valence-electron chi connectivity index (χ0n) is 11.5.